The second-order valence-corrected chi connectivity index (χ2v) is 5.54. The molecule has 0 radical (unpaired) electrons. The maximum absolute atomic E-state index is 4.29. The van der Waals surface area contributed by atoms with E-state index in [-0.39, 0.29) is 0 Å². The number of nitrogens with zero attached hydrogens (tertiary/aromatic N) is 3. The molecule has 0 aliphatic rings. The Labute approximate surface area is 112 Å². The van der Waals surface area contributed by atoms with Crippen LogP contribution >= 0.6 is 11.3 Å². The molecule has 0 aliphatic heterocycles. The van der Waals surface area contributed by atoms with Gasteiger partial charge in [0.25, 0.3) is 0 Å². The van der Waals surface area contributed by atoms with Gasteiger partial charge in [-0.05, 0) is 37.3 Å². The molecule has 0 atom stereocenters. The first kappa shape index (κ1) is 13.2. The Morgan fingerprint density at radius 3 is 2.94 bits per heavy atom. The predicted molar refractivity (Wildman–Crippen MR) is 74.6 cm³/mol. The molecule has 0 amide bonds. The van der Waals surface area contributed by atoms with Crippen LogP contribution in [0.2, 0.25) is 0 Å². The fourth-order valence-corrected chi connectivity index (χ4v) is 2.90. The van der Waals surface area contributed by atoms with E-state index in [0.29, 0.717) is 6.04 Å². The summed E-state index contributed by atoms with van der Waals surface area (Å²) in [6.45, 7) is 8.10. The highest BCUT2D eigenvalue weighted by atomic mass is 32.1. The maximum Gasteiger partial charge on any atom is 0.141 e. The molecule has 5 heteroatoms. The maximum atomic E-state index is 4.29. The standard InChI is InChI=1S/C13H20N4S/c1-4-11-5-6-18-12(11)7-14-8-13-15-9-16-17(13)10(2)3/h5-6,9-10,14H,4,7-8H2,1-3H3. The van der Waals surface area contributed by atoms with Gasteiger partial charge in [0.15, 0.2) is 0 Å². The Morgan fingerprint density at radius 2 is 2.22 bits per heavy atom. The number of nitrogens with one attached hydrogen (secondary N) is 1. The number of hydrogen-bond acceptors (Lipinski definition) is 4. The molecule has 4 nitrogen and oxygen atoms in total. The quantitative estimate of drug-likeness (QED) is 0.872. The second-order valence-electron chi connectivity index (χ2n) is 4.54. The number of aryl methyl sites for hydroxylation is 1. The van der Waals surface area contributed by atoms with Crippen LogP contribution in [0.15, 0.2) is 17.8 Å². The van der Waals surface area contributed by atoms with E-state index in [2.05, 4.69) is 47.6 Å². The highest BCUT2D eigenvalue weighted by Gasteiger charge is 2.07. The van der Waals surface area contributed by atoms with Crippen molar-refractivity contribution in [2.24, 2.45) is 0 Å². The highest BCUT2D eigenvalue weighted by molar-refractivity contribution is 7.10. The zero-order valence-corrected chi connectivity index (χ0v) is 12.0. The fourth-order valence-electron chi connectivity index (χ4n) is 1.96. The average Bonchev–Trinajstić information content (AvgIpc) is 2.97. The number of hydrogen-bond donors (Lipinski definition) is 1. The molecule has 0 unspecified atom stereocenters. The molecule has 98 valence electrons. The van der Waals surface area contributed by atoms with Crippen molar-refractivity contribution >= 4 is 11.3 Å². The molecule has 0 aromatic carbocycles. The van der Waals surface area contributed by atoms with Crippen molar-refractivity contribution in [2.75, 3.05) is 0 Å². The lowest BCUT2D eigenvalue weighted by Gasteiger charge is -2.10. The van der Waals surface area contributed by atoms with E-state index in [1.54, 1.807) is 6.33 Å². The van der Waals surface area contributed by atoms with E-state index in [1.807, 2.05) is 16.0 Å². The molecule has 0 bridgehead atoms. The van der Waals surface area contributed by atoms with Gasteiger partial charge in [-0.3, -0.25) is 0 Å². The lowest BCUT2D eigenvalue weighted by Crippen LogP contribution is -2.18. The van der Waals surface area contributed by atoms with Gasteiger partial charge in [0.1, 0.15) is 12.2 Å². The first-order valence-electron chi connectivity index (χ1n) is 6.36. The van der Waals surface area contributed by atoms with Crippen molar-refractivity contribution in [3.8, 4) is 0 Å². The van der Waals surface area contributed by atoms with Crippen molar-refractivity contribution in [2.45, 2.75) is 46.3 Å². The summed E-state index contributed by atoms with van der Waals surface area (Å²) in [5.74, 6) is 1.000. The molecule has 0 saturated carbocycles. The summed E-state index contributed by atoms with van der Waals surface area (Å²) >= 11 is 1.82. The van der Waals surface area contributed by atoms with Gasteiger partial charge in [0, 0.05) is 17.5 Å². The first-order valence-corrected chi connectivity index (χ1v) is 7.24. The fraction of sp³-hybridized carbons (Fsp3) is 0.538. The molecule has 1 N–H and O–H groups in total. The van der Waals surface area contributed by atoms with Gasteiger partial charge >= 0.3 is 0 Å². The molecule has 2 aromatic heterocycles. The molecular weight excluding hydrogens is 244 g/mol. The normalized spacial score (nSPS) is 11.3. The van der Waals surface area contributed by atoms with Gasteiger partial charge in [0.05, 0.1) is 6.54 Å². The minimum Gasteiger partial charge on any atom is -0.305 e. The summed E-state index contributed by atoms with van der Waals surface area (Å²) in [5, 5.41) is 9.84. The molecule has 2 rings (SSSR count). The molecule has 0 aliphatic carbocycles. The van der Waals surface area contributed by atoms with Gasteiger partial charge in [-0.2, -0.15) is 5.10 Å². The van der Waals surface area contributed by atoms with Gasteiger partial charge in [-0.25, -0.2) is 9.67 Å². The average molecular weight is 264 g/mol. The minimum atomic E-state index is 0.359. The van der Waals surface area contributed by atoms with E-state index in [0.717, 1.165) is 25.3 Å². The SMILES string of the molecule is CCc1ccsc1CNCc1ncnn1C(C)C. The van der Waals surface area contributed by atoms with Crippen LogP contribution in [0.4, 0.5) is 0 Å². The monoisotopic (exact) mass is 264 g/mol. The number of rotatable bonds is 6. The van der Waals surface area contributed by atoms with Crippen LogP contribution in [0.5, 0.6) is 0 Å². The summed E-state index contributed by atoms with van der Waals surface area (Å²) < 4.78 is 1.96. The third-order valence-electron chi connectivity index (χ3n) is 2.92. The lowest BCUT2D eigenvalue weighted by atomic mass is 10.2. The third kappa shape index (κ3) is 2.97. The zero-order valence-electron chi connectivity index (χ0n) is 11.2. The topological polar surface area (TPSA) is 42.7 Å². The number of aromatic nitrogens is 3. The lowest BCUT2D eigenvalue weighted by molar-refractivity contribution is 0.490. The van der Waals surface area contributed by atoms with E-state index in [4.69, 9.17) is 0 Å². The molecular formula is C13H20N4S. The van der Waals surface area contributed by atoms with Crippen molar-refractivity contribution in [1.82, 2.24) is 20.1 Å². The molecule has 0 saturated heterocycles. The van der Waals surface area contributed by atoms with Crippen LogP contribution in [0.1, 0.15) is 43.1 Å². The van der Waals surface area contributed by atoms with Crippen molar-refractivity contribution in [3.63, 3.8) is 0 Å². The van der Waals surface area contributed by atoms with Crippen molar-refractivity contribution in [1.29, 1.82) is 0 Å². The summed E-state index contributed by atoms with van der Waals surface area (Å²) in [7, 11) is 0. The molecule has 18 heavy (non-hydrogen) atoms. The summed E-state index contributed by atoms with van der Waals surface area (Å²) in [4.78, 5) is 5.72. The van der Waals surface area contributed by atoms with Crippen LogP contribution in [0, 0.1) is 0 Å². The summed E-state index contributed by atoms with van der Waals surface area (Å²) in [6, 6.07) is 2.57. The second kappa shape index (κ2) is 6.11. The van der Waals surface area contributed by atoms with Crippen molar-refractivity contribution in [3.05, 3.63) is 34.0 Å². The van der Waals surface area contributed by atoms with E-state index >= 15 is 0 Å². The minimum absolute atomic E-state index is 0.359. The third-order valence-corrected chi connectivity index (χ3v) is 3.89. The van der Waals surface area contributed by atoms with Crippen LogP contribution in [-0.4, -0.2) is 14.8 Å². The van der Waals surface area contributed by atoms with E-state index < -0.39 is 0 Å². The van der Waals surface area contributed by atoms with E-state index in [1.165, 1.54) is 10.4 Å². The molecule has 0 fully saturated rings. The predicted octanol–water partition coefficient (Wildman–Crippen LogP) is 2.77. The van der Waals surface area contributed by atoms with Gasteiger partial charge < -0.3 is 5.32 Å². The molecule has 0 spiro atoms. The smallest absolute Gasteiger partial charge is 0.141 e. The summed E-state index contributed by atoms with van der Waals surface area (Å²) in [5.41, 5.74) is 1.44. The van der Waals surface area contributed by atoms with Gasteiger partial charge in [-0.1, -0.05) is 6.92 Å². The van der Waals surface area contributed by atoms with Gasteiger partial charge in [-0.15, -0.1) is 11.3 Å². The Bertz CT molecular complexity index is 487. The van der Waals surface area contributed by atoms with Crippen LogP contribution in [0.3, 0.4) is 0 Å². The Kier molecular flexibility index (Phi) is 4.49. The zero-order chi connectivity index (χ0) is 13.0. The Hall–Kier alpha value is -1.20. The molecule has 2 aromatic rings. The highest BCUT2D eigenvalue weighted by Crippen LogP contribution is 2.17. The first-order chi connectivity index (χ1) is 8.72. The largest absolute Gasteiger partial charge is 0.305 e. The molecule has 2 heterocycles. The summed E-state index contributed by atoms with van der Waals surface area (Å²) in [6.07, 6.45) is 2.72. The Balaban J connectivity index is 1.90. The van der Waals surface area contributed by atoms with Crippen LogP contribution in [0.25, 0.3) is 0 Å². The van der Waals surface area contributed by atoms with Gasteiger partial charge in [0.2, 0.25) is 0 Å². The van der Waals surface area contributed by atoms with Crippen molar-refractivity contribution < 1.29 is 0 Å². The van der Waals surface area contributed by atoms with Crippen LogP contribution in [-0.2, 0) is 19.5 Å². The Morgan fingerprint density at radius 1 is 1.39 bits per heavy atom. The van der Waals surface area contributed by atoms with E-state index in [9.17, 15) is 0 Å². The number of thiophene rings is 1. The van der Waals surface area contributed by atoms with Crippen LogP contribution < -0.4 is 5.32 Å².